The summed E-state index contributed by atoms with van der Waals surface area (Å²) in [6, 6.07) is 0.963. The Morgan fingerprint density at radius 2 is 2.15 bits per heavy atom. The third-order valence-corrected chi connectivity index (χ3v) is 1.98. The van der Waals surface area contributed by atoms with Crippen LogP contribution in [0.3, 0.4) is 0 Å². The van der Waals surface area contributed by atoms with Crippen molar-refractivity contribution in [2.24, 2.45) is 0 Å². The molecule has 72 valence electrons. The fourth-order valence-electron chi connectivity index (χ4n) is 0.826. The number of rotatable bonds is 2. The van der Waals surface area contributed by atoms with Crippen LogP contribution in [0.4, 0.5) is 8.78 Å². The summed E-state index contributed by atoms with van der Waals surface area (Å²) in [6.07, 6.45) is -2.79. The van der Waals surface area contributed by atoms with Gasteiger partial charge in [0.25, 0.3) is 6.43 Å². The van der Waals surface area contributed by atoms with Gasteiger partial charge < -0.3 is 10.2 Å². The average Bonchev–Trinajstić information content (AvgIpc) is 2.09. The summed E-state index contributed by atoms with van der Waals surface area (Å²) >= 11 is 2.80. The average molecular weight is 254 g/mol. The fraction of sp³-hybridized carbons (Fsp3) is 0.286. The normalized spacial score (nSPS) is 10.8. The van der Waals surface area contributed by atoms with E-state index < -0.39 is 24.3 Å². The van der Waals surface area contributed by atoms with Crippen molar-refractivity contribution in [2.75, 3.05) is 0 Å². The van der Waals surface area contributed by atoms with Crippen LogP contribution in [0.25, 0.3) is 0 Å². The highest BCUT2D eigenvalue weighted by Gasteiger charge is 2.17. The van der Waals surface area contributed by atoms with Gasteiger partial charge in [0.2, 0.25) is 0 Å². The van der Waals surface area contributed by atoms with Crippen LogP contribution in [-0.2, 0) is 6.61 Å². The van der Waals surface area contributed by atoms with Crippen LogP contribution in [-0.4, -0.2) is 15.2 Å². The zero-order valence-corrected chi connectivity index (χ0v) is 7.92. The van der Waals surface area contributed by atoms with E-state index in [2.05, 4.69) is 20.9 Å². The molecule has 1 aromatic heterocycles. The van der Waals surface area contributed by atoms with Gasteiger partial charge in [-0.05, 0) is 22.0 Å². The van der Waals surface area contributed by atoms with Gasteiger partial charge in [-0.25, -0.2) is 13.8 Å². The van der Waals surface area contributed by atoms with E-state index in [0.29, 0.717) is 0 Å². The molecule has 0 saturated heterocycles. The van der Waals surface area contributed by atoms with Crippen molar-refractivity contribution in [3.8, 4) is 5.75 Å². The lowest BCUT2D eigenvalue weighted by Crippen LogP contribution is -1.95. The maximum absolute atomic E-state index is 12.2. The van der Waals surface area contributed by atoms with Gasteiger partial charge in [0.1, 0.15) is 4.60 Å². The number of hydrogen-bond donors (Lipinski definition) is 2. The van der Waals surface area contributed by atoms with Crippen molar-refractivity contribution in [2.45, 2.75) is 13.0 Å². The number of aromatic hydroxyl groups is 1. The number of alkyl halides is 2. The predicted molar refractivity (Wildman–Crippen MR) is 44.5 cm³/mol. The van der Waals surface area contributed by atoms with Gasteiger partial charge in [0.15, 0.2) is 5.75 Å². The maximum atomic E-state index is 12.2. The van der Waals surface area contributed by atoms with Crippen LogP contribution in [0.15, 0.2) is 10.7 Å². The second-order valence-electron chi connectivity index (χ2n) is 2.30. The predicted octanol–water partition coefficient (Wildman–Crippen LogP) is 1.98. The molecule has 1 heterocycles. The molecule has 0 aliphatic rings. The van der Waals surface area contributed by atoms with Crippen molar-refractivity contribution < 1.29 is 19.0 Å². The summed E-state index contributed by atoms with van der Waals surface area (Å²) in [5.74, 6) is -0.591. The minimum atomic E-state index is -2.79. The van der Waals surface area contributed by atoms with Gasteiger partial charge in [-0.15, -0.1) is 0 Å². The summed E-state index contributed by atoms with van der Waals surface area (Å²) < 4.78 is 24.4. The molecular formula is C7H6BrF2NO2. The fourth-order valence-corrected chi connectivity index (χ4v) is 1.28. The van der Waals surface area contributed by atoms with E-state index in [1.807, 2.05) is 0 Å². The van der Waals surface area contributed by atoms with Gasteiger partial charge >= 0.3 is 0 Å². The lowest BCUT2D eigenvalue weighted by Gasteiger charge is -2.06. The molecule has 1 aromatic rings. The molecule has 0 atom stereocenters. The van der Waals surface area contributed by atoms with Crippen molar-refractivity contribution in [1.29, 1.82) is 0 Å². The van der Waals surface area contributed by atoms with Crippen molar-refractivity contribution in [1.82, 2.24) is 4.98 Å². The van der Waals surface area contributed by atoms with E-state index in [1.54, 1.807) is 0 Å². The van der Waals surface area contributed by atoms with Crippen molar-refractivity contribution in [3.63, 3.8) is 0 Å². The summed E-state index contributed by atoms with van der Waals surface area (Å²) in [5.41, 5.74) is -0.453. The van der Waals surface area contributed by atoms with Gasteiger partial charge in [0.05, 0.1) is 17.9 Å². The molecule has 0 fully saturated rings. The van der Waals surface area contributed by atoms with Crippen LogP contribution in [0.5, 0.6) is 5.75 Å². The number of pyridine rings is 1. The van der Waals surface area contributed by atoms with Crippen LogP contribution < -0.4 is 0 Å². The summed E-state index contributed by atoms with van der Waals surface area (Å²) in [6.45, 7) is -0.446. The van der Waals surface area contributed by atoms with Gasteiger partial charge in [-0.2, -0.15) is 0 Å². The Hall–Kier alpha value is -0.750. The molecule has 2 N–H and O–H groups in total. The van der Waals surface area contributed by atoms with Crippen LogP contribution in [0.2, 0.25) is 0 Å². The monoisotopic (exact) mass is 253 g/mol. The minimum Gasteiger partial charge on any atom is -0.505 e. The minimum absolute atomic E-state index is 0.0833. The van der Waals surface area contributed by atoms with Gasteiger partial charge in [-0.3, -0.25) is 0 Å². The van der Waals surface area contributed by atoms with E-state index in [9.17, 15) is 8.78 Å². The highest BCUT2D eigenvalue weighted by Crippen LogP contribution is 2.33. The lowest BCUT2D eigenvalue weighted by molar-refractivity contribution is 0.146. The smallest absolute Gasteiger partial charge is 0.267 e. The Labute approximate surface area is 81.2 Å². The Balaban J connectivity index is 3.25. The molecule has 0 bridgehead atoms. The Morgan fingerprint density at radius 1 is 1.54 bits per heavy atom. The van der Waals surface area contributed by atoms with E-state index in [0.717, 1.165) is 6.07 Å². The molecule has 0 aromatic carbocycles. The number of hydrogen-bond acceptors (Lipinski definition) is 3. The summed E-state index contributed by atoms with van der Waals surface area (Å²) in [7, 11) is 0. The highest BCUT2D eigenvalue weighted by molar-refractivity contribution is 9.10. The number of aromatic nitrogens is 1. The standard InChI is InChI=1S/C7H6BrF2NO2/c8-6-5(13)4(7(9)10)1-3(2-12)11-6/h1,7,12-13H,2H2. The molecule has 13 heavy (non-hydrogen) atoms. The molecule has 0 spiro atoms. The molecule has 0 amide bonds. The lowest BCUT2D eigenvalue weighted by atomic mass is 10.2. The van der Waals surface area contributed by atoms with E-state index >= 15 is 0 Å². The molecular weight excluding hydrogens is 248 g/mol. The molecule has 1 rings (SSSR count). The Bertz CT molecular complexity index is 320. The Morgan fingerprint density at radius 3 is 2.62 bits per heavy atom. The number of aliphatic hydroxyl groups excluding tert-OH is 1. The quantitative estimate of drug-likeness (QED) is 0.793. The number of nitrogens with zero attached hydrogens (tertiary/aromatic N) is 1. The van der Waals surface area contributed by atoms with Crippen molar-refractivity contribution in [3.05, 3.63) is 21.9 Å². The highest BCUT2D eigenvalue weighted by atomic mass is 79.9. The Kier molecular flexibility index (Phi) is 3.16. The first-order valence-corrected chi connectivity index (χ1v) is 4.13. The van der Waals surface area contributed by atoms with E-state index in [-0.39, 0.29) is 10.3 Å². The van der Waals surface area contributed by atoms with E-state index in [4.69, 9.17) is 10.2 Å². The third-order valence-electron chi connectivity index (χ3n) is 1.43. The zero-order chi connectivity index (χ0) is 10.0. The zero-order valence-electron chi connectivity index (χ0n) is 6.34. The molecule has 0 radical (unpaired) electrons. The SMILES string of the molecule is OCc1cc(C(F)F)c(O)c(Br)n1. The molecule has 3 nitrogen and oxygen atoms in total. The molecule has 0 aliphatic heterocycles. The largest absolute Gasteiger partial charge is 0.505 e. The molecule has 6 heteroatoms. The van der Waals surface area contributed by atoms with E-state index in [1.165, 1.54) is 0 Å². The van der Waals surface area contributed by atoms with Crippen molar-refractivity contribution >= 4 is 15.9 Å². The number of aliphatic hydroxyl groups is 1. The van der Waals surface area contributed by atoms with Gasteiger partial charge in [-0.1, -0.05) is 0 Å². The summed E-state index contributed by atoms with van der Waals surface area (Å²) in [4.78, 5) is 3.62. The van der Waals surface area contributed by atoms with Crippen LogP contribution >= 0.6 is 15.9 Å². The second-order valence-corrected chi connectivity index (χ2v) is 3.05. The first kappa shape index (κ1) is 10.3. The topological polar surface area (TPSA) is 53.4 Å². The van der Waals surface area contributed by atoms with Gasteiger partial charge in [0, 0.05) is 0 Å². The maximum Gasteiger partial charge on any atom is 0.267 e. The first-order chi connectivity index (χ1) is 6.06. The molecule has 0 saturated carbocycles. The second kappa shape index (κ2) is 3.97. The number of halogens is 3. The summed E-state index contributed by atoms with van der Waals surface area (Å²) in [5, 5.41) is 17.8. The third kappa shape index (κ3) is 2.13. The van der Waals surface area contributed by atoms with Crippen LogP contribution in [0, 0.1) is 0 Å². The van der Waals surface area contributed by atoms with Crippen LogP contribution in [0.1, 0.15) is 17.7 Å². The molecule has 0 unspecified atom stereocenters. The molecule has 0 aliphatic carbocycles. The first-order valence-electron chi connectivity index (χ1n) is 3.33.